The summed E-state index contributed by atoms with van der Waals surface area (Å²) in [5, 5.41) is 0. The lowest BCUT2D eigenvalue weighted by Crippen LogP contribution is -2.43. The Bertz CT molecular complexity index is 117. The van der Waals surface area contributed by atoms with Crippen LogP contribution in [0.15, 0.2) is 0 Å². The van der Waals surface area contributed by atoms with Crippen LogP contribution in [-0.4, -0.2) is 24.5 Å². The third-order valence-electron chi connectivity index (χ3n) is 2.12. The fraction of sp³-hybridized carbons (Fsp3) is 1.00. The van der Waals surface area contributed by atoms with Gasteiger partial charge in [0.05, 0.1) is 0 Å². The first-order valence-corrected chi connectivity index (χ1v) is 9.62. The van der Waals surface area contributed by atoms with Crippen molar-refractivity contribution in [1.82, 2.24) is 4.57 Å². The minimum atomic E-state index is -2.08. The highest BCUT2D eigenvalue weighted by molar-refractivity contribution is 7.43. The zero-order chi connectivity index (χ0) is 10.3. The van der Waals surface area contributed by atoms with Gasteiger partial charge in [-0.2, -0.15) is 0 Å². The van der Waals surface area contributed by atoms with Gasteiger partial charge in [0, 0.05) is 0 Å². The van der Waals surface area contributed by atoms with Crippen LogP contribution in [0.2, 0.25) is 6.55 Å². The van der Waals surface area contributed by atoms with E-state index in [0.717, 1.165) is 13.1 Å². The Morgan fingerprint density at radius 2 is 1.38 bits per heavy atom. The zero-order valence-corrected chi connectivity index (χ0v) is 11.5. The van der Waals surface area contributed by atoms with Crippen molar-refractivity contribution in [1.29, 1.82) is 0 Å². The van der Waals surface area contributed by atoms with Gasteiger partial charge in [0.25, 0.3) is 0 Å². The zero-order valence-electron chi connectivity index (χ0n) is 8.95. The van der Waals surface area contributed by atoms with Gasteiger partial charge in [-0.1, -0.05) is 26.7 Å². The number of hydrogen-bond donors (Lipinski definition) is 0. The molecule has 4 heteroatoms. The lowest BCUT2D eigenvalue weighted by atomic mass is 10.3. The van der Waals surface area contributed by atoms with Crippen LogP contribution >= 0.6 is 22.2 Å². The number of hydrogen-bond acceptors (Lipinski definition) is 1. The molecule has 0 aliphatic heterocycles. The second-order valence-corrected chi connectivity index (χ2v) is 10.8. The van der Waals surface area contributed by atoms with Crippen LogP contribution in [0.3, 0.4) is 0 Å². The number of halogens is 2. The molecule has 0 aliphatic rings. The van der Waals surface area contributed by atoms with Crippen molar-refractivity contribution in [3.05, 3.63) is 0 Å². The van der Waals surface area contributed by atoms with Crippen molar-refractivity contribution < 1.29 is 0 Å². The predicted molar refractivity (Wildman–Crippen MR) is 64.7 cm³/mol. The van der Waals surface area contributed by atoms with E-state index >= 15 is 0 Å². The van der Waals surface area contributed by atoms with E-state index in [9.17, 15) is 0 Å². The van der Waals surface area contributed by atoms with Crippen molar-refractivity contribution in [2.24, 2.45) is 0 Å². The lowest BCUT2D eigenvalue weighted by Gasteiger charge is -2.29. The number of rotatable bonds is 7. The largest absolute Gasteiger partial charge is 0.321 e. The third-order valence-corrected chi connectivity index (χ3v) is 5.11. The SMILES string of the molecule is CCCCN(CCCC)[Si](C)(Cl)Cl. The molecule has 0 unspecified atom stereocenters. The van der Waals surface area contributed by atoms with Crippen molar-refractivity contribution in [3.8, 4) is 0 Å². The first kappa shape index (κ1) is 13.8. The first-order valence-electron chi connectivity index (χ1n) is 5.15. The van der Waals surface area contributed by atoms with E-state index in [2.05, 4.69) is 18.4 Å². The molecule has 0 aromatic heterocycles. The Morgan fingerprint density at radius 1 is 1.00 bits per heavy atom. The molecule has 0 rings (SSSR count). The smallest absolute Gasteiger partial charge is 0.300 e. The molecule has 0 aromatic rings. The summed E-state index contributed by atoms with van der Waals surface area (Å²) < 4.78 is 2.28. The highest BCUT2D eigenvalue weighted by Gasteiger charge is 2.29. The maximum absolute atomic E-state index is 6.20. The average molecular weight is 242 g/mol. The van der Waals surface area contributed by atoms with Gasteiger partial charge in [0.2, 0.25) is 0 Å². The Kier molecular flexibility index (Phi) is 7.52. The molecule has 0 heterocycles. The molecule has 1 nitrogen and oxygen atoms in total. The highest BCUT2D eigenvalue weighted by atomic mass is 35.7. The maximum Gasteiger partial charge on any atom is 0.321 e. The van der Waals surface area contributed by atoms with E-state index in [1.165, 1.54) is 25.7 Å². The Balaban J connectivity index is 3.88. The second kappa shape index (κ2) is 7.10. The Hall–Kier alpha value is 0.757. The Labute approximate surface area is 92.9 Å². The van der Waals surface area contributed by atoms with E-state index < -0.39 is 6.86 Å². The molecule has 0 amide bonds. The van der Waals surface area contributed by atoms with E-state index in [0.29, 0.717) is 0 Å². The fourth-order valence-corrected chi connectivity index (χ4v) is 3.32. The molecule has 0 bridgehead atoms. The van der Waals surface area contributed by atoms with Crippen LogP contribution in [0.1, 0.15) is 39.5 Å². The van der Waals surface area contributed by atoms with Crippen LogP contribution in [0.5, 0.6) is 0 Å². The Morgan fingerprint density at radius 3 is 1.62 bits per heavy atom. The number of nitrogens with zero attached hydrogens (tertiary/aromatic N) is 1. The summed E-state index contributed by atoms with van der Waals surface area (Å²) in [6, 6.07) is 0. The minimum absolute atomic E-state index is 1.06. The molecule has 0 aromatic carbocycles. The van der Waals surface area contributed by atoms with Crippen LogP contribution in [-0.2, 0) is 0 Å². The normalized spacial score (nSPS) is 12.5. The third kappa shape index (κ3) is 6.78. The molecular weight excluding hydrogens is 221 g/mol. The van der Waals surface area contributed by atoms with Crippen LogP contribution in [0.25, 0.3) is 0 Å². The standard InChI is InChI=1S/C9H21Cl2NSi/c1-4-6-8-12(9-7-5-2)13(3,10)11/h4-9H2,1-3H3. The molecule has 13 heavy (non-hydrogen) atoms. The molecule has 0 spiro atoms. The van der Waals surface area contributed by atoms with Gasteiger partial charge < -0.3 is 4.57 Å². The van der Waals surface area contributed by atoms with Gasteiger partial charge in [-0.3, -0.25) is 0 Å². The van der Waals surface area contributed by atoms with E-state index in [1.807, 2.05) is 6.55 Å². The molecule has 0 atom stereocenters. The van der Waals surface area contributed by atoms with E-state index in [1.54, 1.807) is 0 Å². The molecule has 0 aliphatic carbocycles. The topological polar surface area (TPSA) is 3.24 Å². The van der Waals surface area contributed by atoms with Gasteiger partial charge in [0.1, 0.15) is 0 Å². The summed E-state index contributed by atoms with van der Waals surface area (Å²) in [4.78, 5) is 0. The summed E-state index contributed by atoms with van der Waals surface area (Å²) in [7, 11) is 0. The quantitative estimate of drug-likeness (QED) is 0.483. The minimum Gasteiger partial charge on any atom is -0.300 e. The molecule has 80 valence electrons. The van der Waals surface area contributed by atoms with Gasteiger partial charge in [-0.05, 0) is 32.5 Å². The summed E-state index contributed by atoms with van der Waals surface area (Å²) in [5.74, 6) is 0. The van der Waals surface area contributed by atoms with Crippen LogP contribution < -0.4 is 0 Å². The maximum atomic E-state index is 6.20. The van der Waals surface area contributed by atoms with Crippen molar-refractivity contribution in [3.63, 3.8) is 0 Å². The van der Waals surface area contributed by atoms with Crippen LogP contribution in [0, 0.1) is 0 Å². The van der Waals surface area contributed by atoms with Crippen molar-refractivity contribution >= 4 is 29.0 Å². The summed E-state index contributed by atoms with van der Waals surface area (Å²) in [5.41, 5.74) is 0. The monoisotopic (exact) mass is 241 g/mol. The van der Waals surface area contributed by atoms with Gasteiger partial charge in [-0.25, -0.2) is 0 Å². The van der Waals surface area contributed by atoms with Gasteiger partial charge >= 0.3 is 6.86 Å². The van der Waals surface area contributed by atoms with Crippen molar-refractivity contribution in [2.75, 3.05) is 13.1 Å². The summed E-state index contributed by atoms with van der Waals surface area (Å²) in [6.45, 7) is 6.42. The van der Waals surface area contributed by atoms with E-state index in [-0.39, 0.29) is 0 Å². The second-order valence-electron chi connectivity index (χ2n) is 3.54. The van der Waals surface area contributed by atoms with Gasteiger partial charge in [0.15, 0.2) is 0 Å². The molecule has 0 radical (unpaired) electrons. The molecule has 0 saturated carbocycles. The number of unbranched alkanes of at least 4 members (excludes halogenated alkanes) is 2. The summed E-state index contributed by atoms with van der Waals surface area (Å²) >= 11 is 12.4. The highest BCUT2D eigenvalue weighted by Crippen LogP contribution is 2.20. The molecule has 0 N–H and O–H groups in total. The molecular formula is C9H21Cl2NSi. The molecule has 0 saturated heterocycles. The first-order chi connectivity index (χ1) is 6.02. The van der Waals surface area contributed by atoms with Crippen molar-refractivity contribution in [2.45, 2.75) is 46.1 Å². The molecule has 0 fully saturated rings. The van der Waals surface area contributed by atoms with E-state index in [4.69, 9.17) is 22.2 Å². The average Bonchev–Trinajstić information content (AvgIpc) is 2.02. The van der Waals surface area contributed by atoms with Gasteiger partial charge in [-0.15, -0.1) is 22.2 Å². The van der Waals surface area contributed by atoms with Crippen LogP contribution in [0.4, 0.5) is 0 Å². The summed E-state index contributed by atoms with van der Waals surface area (Å²) in [6.07, 6.45) is 4.82. The lowest BCUT2D eigenvalue weighted by molar-refractivity contribution is 0.414. The fourth-order valence-electron chi connectivity index (χ4n) is 1.20. The predicted octanol–water partition coefficient (Wildman–Crippen LogP) is 3.93.